The van der Waals surface area contributed by atoms with Crippen LogP contribution in [0.15, 0.2) is 48.5 Å². The molecule has 0 saturated carbocycles. The first-order valence-corrected chi connectivity index (χ1v) is 9.44. The molecule has 1 aliphatic rings. The van der Waals surface area contributed by atoms with Gasteiger partial charge in [0.15, 0.2) is 0 Å². The van der Waals surface area contributed by atoms with Gasteiger partial charge in [-0.2, -0.15) is 0 Å². The zero-order valence-electron chi connectivity index (χ0n) is 16.3. The lowest BCUT2D eigenvalue weighted by molar-refractivity contribution is -0.121. The van der Waals surface area contributed by atoms with Crippen LogP contribution in [0.25, 0.3) is 0 Å². The van der Waals surface area contributed by atoms with Crippen molar-refractivity contribution in [2.45, 2.75) is 31.7 Å². The maximum absolute atomic E-state index is 12.7. The van der Waals surface area contributed by atoms with Gasteiger partial charge in [-0.05, 0) is 56.5 Å². The van der Waals surface area contributed by atoms with Gasteiger partial charge in [0.1, 0.15) is 11.5 Å². The molecule has 0 aromatic heterocycles. The Morgan fingerprint density at radius 1 is 1.07 bits per heavy atom. The Kier molecular flexibility index (Phi) is 6.35. The lowest BCUT2D eigenvalue weighted by Crippen LogP contribution is -2.45. The van der Waals surface area contributed by atoms with Gasteiger partial charge in [-0.15, -0.1) is 0 Å². The van der Waals surface area contributed by atoms with Crippen LogP contribution >= 0.6 is 0 Å². The Bertz CT molecular complexity index is 755. The number of likely N-dealkylation sites (tertiary alicyclic amines) is 1. The number of hydrogen-bond acceptors (Lipinski definition) is 4. The molecule has 144 valence electrons. The molecule has 1 unspecified atom stereocenters. The minimum Gasteiger partial charge on any atom is -0.497 e. The summed E-state index contributed by atoms with van der Waals surface area (Å²) >= 11 is 0. The molecular formula is C22H28N2O3. The van der Waals surface area contributed by atoms with Gasteiger partial charge in [0.2, 0.25) is 5.91 Å². The van der Waals surface area contributed by atoms with Gasteiger partial charge in [0.05, 0.1) is 25.9 Å². The zero-order valence-corrected chi connectivity index (χ0v) is 16.3. The number of methoxy groups -OCH3 is 2. The van der Waals surface area contributed by atoms with Crippen LogP contribution in [-0.2, 0) is 4.79 Å². The van der Waals surface area contributed by atoms with Crippen molar-refractivity contribution in [2.75, 3.05) is 32.6 Å². The number of nitrogens with zero attached hydrogens (tertiary/aromatic N) is 1. The van der Waals surface area contributed by atoms with Crippen molar-refractivity contribution < 1.29 is 14.3 Å². The van der Waals surface area contributed by atoms with Gasteiger partial charge in [0, 0.05) is 6.07 Å². The molecule has 2 aromatic rings. The van der Waals surface area contributed by atoms with E-state index in [1.165, 1.54) is 5.56 Å². The third-order valence-corrected chi connectivity index (χ3v) is 5.39. The maximum atomic E-state index is 12.7. The predicted octanol–water partition coefficient (Wildman–Crippen LogP) is 3.91. The average molecular weight is 368 g/mol. The minimum absolute atomic E-state index is 0.0170. The van der Waals surface area contributed by atoms with Crippen LogP contribution in [0.2, 0.25) is 0 Å². The average Bonchev–Trinajstić information content (AvgIpc) is 2.74. The number of amides is 1. The fraction of sp³-hybridized carbons (Fsp3) is 0.409. The van der Waals surface area contributed by atoms with Gasteiger partial charge >= 0.3 is 0 Å². The SMILES string of the molecule is COc1ccc(NC(=O)C(C)N2CCC(c3ccccc3)CC2)c(OC)c1. The number of ether oxygens (including phenoxy) is 2. The van der Waals surface area contributed by atoms with Gasteiger partial charge in [-0.25, -0.2) is 0 Å². The molecular weight excluding hydrogens is 340 g/mol. The van der Waals surface area contributed by atoms with E-state index in [0.717, 1.165) is 25.9 Å². The molecule has 1 heterocycles. The van der Waals surface area contributed by atoms with Crippen molar-refractivity contribution in [1.29, 1.82) is 0 Å². The summed E-state index contributed by atoms with van der Waals surface area (Å²) in [4.78, 5) is 15.0. The number of benzene rings is 2. The van der Waals surface area contributed by atoms with Crippen molar-refractivity contribution in [3.8, 4) is 11.5 Å². The molecule has 5 nitrogen and oxygen atoms in total. The summed E-state index contributed by atoms with van der Waals surface area (Å²) in [6.45, 7) is 3.82. The number of carbonyl (C=O) groups is 1. The van der Waals surface area contributed by atoms with Gasteiger partial charge in [-0.3, -0.25) is 9.69 Å². The second-order valence-electron chi connectivity index (χ2n) is 6.95. The summed E-state index contributed by atoms with van der Waals surface area (Å²) in [6, 6.07) is 15.9. The summed E-state index contributed by atoms with van der Waals surface area (Å²) < 4.78 is 10.6. The molecule has 5 heteroatoms. The molecule has 1 saturated heterocycles. The van der Waals surface area contributed by atoms with Crippen LogP contribution in [0, 0.1) is 0 Å². The molecule has 1 fully saturated rings. The molecule has 1 atom stereocenters. The highest BCUT2D eigenvalue weighted by Crippen LogP contribution is 2.31. The Hall–Kier alpha value is -2.53. The monoisotopic (exact) mass is 368 g/mol. The van der Waals surface area contributed by atoms with Crippen molar-refractivity contribution in [3.63, 3.8) is 0 Å². The summed E-state index contributed by atoms with van der Waals surface area (Å²) in [6.07, 6.45) is 2.15. The minimum atomic E-state index is -0.187. The fourth-order valence-electron chi connectivity index (χ4n) is 3.65. The standard InChI is InChI=1S/C22H28N2O3/c1-16(22(25)23-20-10-9-19(26-2)15-21(20)27-3)24-13-11-18(12-14-24)17-7-5-4-6-8-17/h4-10,15-16,18H,11-14H2,1-3H3,(H,23,25). The van der Waals surface area contributed by atoms with E-state index in [-0.39, 0.29) is 11.9 Å². The fourth-order valence-corrected chi connectivity index (χ4v) is 3.65. The molecule has 3 rings (SSSR count). The third-order valence-electron chi connectivity index (χ3n) is 5.39. The normalized spacial score (nSPS) is 16.6. The van der Waals surface area contributed by atoms with Gasteiger partial charge < -0.3 is 14.8 Å². The molecule has 27 heavy (non-hydrogen) atoms. The molecule has 0 spiro atoms. The van der Waals surface area contributed by atoms with E-state index in [0.29, 0.717) is 23.1 Å². The van der Waals surface area contributed by atoms with Crippen molar-refractivity contribution in [3.05, 3.63) is 54.1 Å². The topological polar surface area (TPSA) is 50.8 Å². The Balaban J connectivity index is 1.58. The number of rotatable bonds is 6. The first-order valence-electron chi connectivity index (χ1n) is 9.44. The third kappa shape index (κ3) is 4.61. The van der Waals surface area contributed by atoms with Crippen LogP contribution in [0.1, 0.15) is 31.2 Å². The number of piperidine rings is 1. The van der Waals surface area contributed by atoms with E-state index in [2.05, 4.69) is 40.5 Å². The second-order valence-corrected chi connectivity index (χ2v) is 6.95. The molecule has 2 aromatic carbocycles. The molecule has 0 aliphatic carbocycles. The van der Waals surface area contributed by atoms with Crippen LogP contribution in [0.5, 0.6) is 11.5 Å². The number of hydrogen-bond donors (Lipinski definition) is 1. The van der Waals surface area contributed by atoms with Gasteiger partial charge in [-0.1, -0.05) is 30.3 Å². The lowest BCUT2D eigenvalue weighted by atomic mass is 9.89. The molecule has 0 bridgehead atoms. The van der Waals surface area contributed by atoms with Crippen molar-refractivity contribution in [1.82, 2.24) is 4.90 Å². The van der Waals surface area contributed by atoms with Crippen molar-refractivity contribution >= 4 is 11.6 Å². The van der Waals surface area contributed by atoms with Crippen LogP contribution < -0.4 is 14.8 Å². The summed E-state index contributed by atoms with van der Waals surface area (Å²) in [5, 5.41) is 2.99. The highest BCUT2D eigenvalue weighted by molar-refractivity contribution is 5.96. The smallest absolute Gasteiger partial charge is 0.241 e. The van der Waals surface area contributed by atoms with Crippen molar-refractivity contribution in [2.24, 2.45) is 0 Å². The van der Waals surface area contributed by atoms with Crippen LogP contribution in [0.3, 0.4) is 0 Å². The Labute approximate surface area is 161 Å². The number of carbonyl (C=O) groups excluding carboxylic acids is 1. The van der Waals surface area contributed by atoms with E-state index in [4.69, 9.17) is 9.47 Å². The number of anilines is 1. The van der Waals surface area contributed by atoms with Crippen LogP contribution in [-0.4, -0.2) is 44.2 Å². The quantitative estimate of drug-likeness (QED) is 0.840. The second kappa shape index (κ2) is 8.91. The summed E-state index contributed by atoms with van der Waals surface area (Å²) in [7, 11) is 3.19. The van der Waals surface area contributed by atoms with E-state index in [1.54, 1.807) is 20.3 Å². The highest BCUT2D eigenvalue weighted by Gasteiger charge is 2.27. The lowest BCUT2D eigenvalue weighted by Gasteiger charge is -2.35. The first kappa shape index (κ1) is 19.2. The van der Waals surface area contributed by atoms with E-state index in [9.17, 15) is 4.79 Å². The van der Waals surface area contributed by atoms with Crippen LogP contribution in [0.4, 0.5) is 5.69 Å². The summed E-state index contributed by atoms with van der Waals surface area (Å²) in [5.41, 5.74) is 2.06. The van der Waals surface area contributed by atoms with E-state index >= 15 is 0 Å². The Morgan fingerprint density at radius 3 is 2.41 bits per heavy atom. The van der Waals surface area contributed by atoms with Gasteiger partial charge in [0.25, 0.3) is 0 Å². The molecule has 1 amide bonds. The van der Waals surface area contributed by atoms with E-state index < -0.39 is 0 Å². The zero-order chi connectivity index (χ0) is 19.2. The molecule has 0 radical (unpaired) electrons. The highest BCUT2D eigenvalue weighted by atomic mass is 16.5. The molecule has 1 N–H and O–H groups in total. The largest absolute Gasteiger partial charge is 0.497 e. The number of nitrogens with one attached hydrogen (secondary N) is 1. The predicted molar refractivity (Wildman–Crippen MR) is 108 cm³/mol. The first-order chi connectivity index (χ1) is 13.1. The molecule has 1 aliphatic heterocycles. The maximum Gasteiger partial charge on any atom is 0.241 e. The van der Waals surface area contributed by atoms with E-state index in [1.807, 2.05) is 19.1 Å². The Morgan fingerprint density at radius 2 is 1.78 bits per heavy atom. The summed E-state index contributed by atoms with van der Waals surface area (Å²) in [5.74, 6) is 1.86.